The Morgan fingerprint density at radius 1 is 0.962 bits per heavy atom. The summed E-state index contributed by atoms with van der Waals surface area (Å²) in [7, 11) is 0. The van der Waals surface area contributed by atoms with Crippen LogP contribution in [-0.2, 0) is 0 Å². The minimum Gasteiger partial charge on any atom is -0.356 e. The molecule has 4 rings (SSSR count). The van der Waals surface area contributed by atoms with Crippen molar-refractivity contribution in [3.05, 3.63) is 58.8 Å². The highest BCUT2D eigenvalue weighted by Crippen LogP contribution is 2.32. The zero-order valence-electron chi connectivity index (χ0n) is 16.1. The number of aromatic amines is 1. The second kappa shape index (κ2) is 6.63. The molecule has 1 fully saturated rings. The summed E-state index contributed by atoms with van der Waals surface area (Å²) in [5.74, 6) is 1.78. The summed E-state index contributed by atoms with van der Waals surface area (Å²) in [6.07, 6.45) is 4.09. The summed E-state index contributed by atoms with van der Waals surface area (Å²) in [5, 5.41) is 4.78. The van der Waals surface area contributed by atoms with E-state index in [-0.39, 0.29) is 0 Å². The van der Waals surface area contributed by atoms with Crippen molar-refractivity contribution in [2.75, 3.05) is 18.0 Å². The number of piperidine rings is 1. The van der Waals surface area contributed by atoms with Crippen LogP contribution in [-0.4, -0.2) is 32.8 Å². The summed E-state index contributed by atoms with van der Waals surface area (Å²) in [4.78, 5) is 10.2. The third kappa shape index (κ3) is 3.14. The molecule has 0 radical (unpaired) electrons. The average molecular weight is 349 g/mol. The van der Waals surface area contributed by atoms with Crippen LogP contribution in [0.5, 0.6) is 0 Å². The van der Waals surface area contributed by atoms with E-state index in [1.165, 1.54) is 22.6 Å². The van der Waals surface area contributed by atoms with Gasteiger partial charge in [0, 0.05) is 30.8 Å². The number of H-pyrrole nitrogens is 1. The third-order valence-electron chi connectivity index (χ3n) is 5.36. The first kappa shape index (κ1) is 16.9. The van der Waals surface area contributed by atoms with E-state index in [1.807, 2.05) is 6.33 Å². The first-order valence-electron chi connectivity index (χ1n) is 9.41. The van der Waals surface area contributed by atoms with Crippen LogP contribution < -0.4 is 4.90 Å². The Balaban J connectivity index is 1.59. The van der Waals surface area contributed by atoms with Crippen LogP contribution in [0.15, 0.2) is 30.6 Å². The molecule has 5 heteroatoms. The standard InChI is InChI=1S/C21H27N5/c1-14-9-15(2)11-19(10-14)26-20(12-16(3)24-26)25-7-5-18(6-8-25)21-17(4)22-13-23-21/h9-13,18H,5-8H2,1-4H3,(H,22,23). The fourth-order valence-electron chi connectivity index (χ4n) is 4.16. The summed E-state index contributed by atoms with van der Waals surface area (Å²) in [6.45, 7) is 10.5. The molecule has 26 heavy (non-hydrogen) atoms. The molecule has 0 atom stereocenters. The predicted octanol–water partition coefficient (Wildman–Crippen LogP) is 4.21. The van der Waals surface area contributed by atoms with Crippen molar-refractivity contribution >= 4 is 5.82 Å². The molecule has 1 aromatic carbocycles. The Morgan fingerprint density at radius 2 is 1.65 bits per heavy atom. The van der Waals surface area contributed by atoms with Crippen LogP contribution >= 0.6 is 0 Å². The molecular formula is C21H27N5. The average Bonchev–Trinajstić information content (AvgIpc) is 3.20. The van der Waals surface area contributed by atoms with Gasteiger partial charge < -0.3 is 9.88 Å². The molecule has 0 unspecified atom stereocenters. The number of hydrogen-bond donors (Lipinski definition) is 1. The van der Waals surface area contributed by atoms with Gasteiger partial charge in [0.05, 0.1) is 23.4 Å². The fourth-order valence-corrected chi connectivity index (χ4v) is 4.16. The van der Waals surface area contributed by atoms with Crippen LogP contribution in [0, 0.1) is 27.7 Å². The summed E-state index contributed by atoms with van der Waals surface area (Å²) in [6, 6.07) is 8.84. The summed E-state index contributed by atoms with van der Waals surface area (Å²) >= 11 is 0. The largest absolute Gasteiger partial charge is 0.356 e. The molecule has 3 heterocycles. The van der Waals surface area contributed by atoms with Gasteiger partial charge >= 0.3 is 0 Å². The highest BCUT2D eigenvalue weighted by Gasteiger charge is 2.25. The van der Waals surface area contributed by atoms with Crippen molar-refractivity contribution < 1.29 is 0 Å². The van der Waals surface area contributed by atoms with E-state index in [4.69, 9.17) is 5.10 Å². The van der Waals surface area contributed by atoms with Crippen molar-refractivity contribution in [3.8, 4) is 5.69 Å². The number of anilines is 1. The van der Waals surface area contributed by atoms with Gasteiger partial charge in [-0.25, -0.2) is 9.67 Å². The Bertz CT molecular complexity index is 892. The molecular weight excluding hydrogens is 322 g/mol. The van der Waals surface area contributed by atoms with Gasteiger partial charge in [-0.15, -0.1) is 0 Å². The number of nitrogens with zero attached hydrogens (tertiary/aromatic N) is 4. The van der Waals surface area contributed by atoms with Gasteiger partial charge in [-0.2, -0.15) is 5.10 Å². The van der Waals surface area contributed by atoms with E-state index >= 15 is 0 Å². The van der Waals surface area contributed by atoms with E-state index in [1.54, 1.807) is 0 Å². The number of hydrogen-bond acceptors (Lipinski definition) is 3. The lowest BCUT2D eigenvalue weighted by molar-refractivity contribution is 0.490. The van der Waals surface area contributed by atoms with E-state index in [2.05, 4.69) is 71.5 Å². The monoisotopic (exact) mass is 349 g/mol. The van der Waals surface area contributed by atoms with E-state index in [0.29, 0.717) is 5.92 Å². The lowest BCUT2D eigenvalue weighted by Crippen LogP contribution is -2.34. The number of imidazole rings is 1. The lowest BCUT2D eigenvalue weighted by Gasteiger charge is -2.33. The van der Waals surface area contributed by atoms with Crippen molar-refractivity contribution in [3.63, 3.8) is 0 Å². The molecule has 1 N–H and O–H groups in total. The Labute approximate surface area is 155 Å². The Hall–Kier alpha value is -2.56. The van der Waals surface area contributed by atoms with Crippen LogP contribution in [0.2, 0.25) is 0 Å². The van der Waals surface area contributed by atoms with Crippen molar-refractivity contribution in [2.45, 2.75) is 46.5 Å². The van der Waals surface area contributed by atoms with Gasteiger partial charge in [-0.3, -0.25) is 0 Å². The van der Waals surface area contributed by atoms with Crippen LogP contribution in [0.4, 0.5) is 5.82 Å². The van der Waals surface area contributed by atoms with Gasteiger partial charge in [0.15, 0.2) is 0 Å². The van der Waals surface area contributed by atoms with Crippen molar-refractivity contribution in [2.24, 2.45) is 0 Å². The third-order valence-corrected chi connectivity index (χ3v) is 5.36. The maximum atomic E-state index is 4.78. The van der Waals surface area contributed by atoms with Gasteiger partial charge in [0.1, 0.15) is 5.82 Å². The maximum absolute atomic E-state index is 4.78. The molecule has 0 aliphatic carbocycles. The SMILES string of the molecule is Cc1cc(C)cc(-n2nc(C)cc2N2CCC(c3[nH]cnc3C)CC2)c1. The molecule has 2 aromatic heterocycles. The Kier molecular flexibility index (Phi) is 4.31. The molecule has 1 saturated heterocycles. The maximum Gasteiger partial charge on any atom is 0.132 e. The number of rotatable bonds is 3. The molecule has 0 saturated carbocycles. The number of aryl methyl sites for hydroxylation is 4. The molecule has 1 aliphatic heterocycles. The van der Waals surface area contributed by atoms with Crippen molar-refractivity contribution in [1.82, 2.24) is 19.7 Å². The van der Waals surface area contributed by atoms with Crippen LogP contribution in [0.1, 0.15) is 47.0 Å². The van der Waals surface area contributed by atoms with E-state index in [0.717, 1.165) is 43.0 Å². The molecule has 3 aromatic rings. The Morgan fingerprint density at radius 3 is 2.27 bits per heavy atom. The number of nitrogens with one attached hydrogen (secondary N) is 1. The smallest absolute Gasteiger partial charge is 0.132 e. The van der Waals surface area contributed by atoms with Crippen LogP contribution in [0.25, 0.3) is 5.69 Å². The van der Waals surface area contributed by atoms with Gasteiger partial charge in [0.25, 0.3) is 0 Å². The zero-order valence-corrected chi connectivity index (χ0v) is 16.1. The number of benzene rings is 1. The minimum absolute atomic E-state index is 0.576. The molecule has 5 nitrogen and oxygen atoms in total. The first-order valence-corrected chi connectivity index (χ1v) is 9.41. The van der Waals surface area contributed by atoms with E-state index < -0.39 is 0 Å². The predicted molar refractivity (Wildman–Crippen MR) is 105 cm³/mol. The summed E-state index contributed by atoms with van der Waals surface area (Å²) in [5.41, 5.74) is 7.20. The highest BCUT2D eigenvalue weighted by molar-refractivity contribution is 5.50. The topological polar surface area (TPSA) is 49.7 Å². The molecule has 136 valence electrons. The van der Waals surface area contributed by atoms with Gasteiger partial charge in [0.2, 0.25) is 0 Å². The number of aromatic nitrogens is 4. The molecule has 1 aliphatic rings. The van der Waals surface area contributed by atoms with Gasteiger partial charge in [-0.05, 0) is 63.8 Å². The molecule has 0 bridgehead atoms. The second-order valence-electron chi connectivity index (χ2n) is 7.56. The quantitative estimate of drug-likeness (QED) is 0.770. The zero-order chi connectivity index (χ0) is 18.3. The molecule has 0 amide bonds. The second-order valence-corrected chi connectivity index (χ2v) is 7.56. The lowest BCUT2D eigenvalue weighted by atomic mass is 9.92. The normalized spacial score (nSPS) is 15.6. The highest BCUT2D eigenvalue weighted by atomic mass is 15.4. The fraction of sp³-hybridized carbons (Fsp3) is 0.429. The van der Waals surface area contributed by atoms with Gasteiger partial charge in [-0.1, -0.05) is 6.07 Å². The van der Waals surface area contributed by atoms with Crippen molar-refractivity contribution in [1.29, 1.82) is 0 Å². The van der Waals surface area contributed by atoms with Crippen LogP contribution in [0.3, 0.4) is 0 Å². The van der Waals surface area contributed by atoms with E-state index in [9.17, 15) is 0 Å². The minimum atomic E-state index is 0.576. The molecule has 0 spiro atoms. The first-order chi connectivity index (χ1) is 12.5. The summed E-state index contributed by atoms with van der Waals surface area (Å²) < 4.78 is 2.11.